The molecule has 15 aromatic rings. The van der Waals surface area contributed by atoms with Gasteiger partial charge >= 0.3 is 6.09 Å². The maximum atomic E-state index is 12.7. The number of benzene rings is 5. The molecule has 1 aliphatic carbocycles. The van der Waals surface area contributed by atoms with Crippen molar-refractivity contribution in [3.8, 4) is 17.5 Å². The summed E-state index contributed by atoms with van der Waals surface area (Å²) in [6.07, 6.45) is 21.0. The van der Waals surface area contributed by atoms with Gasteiger partial charge in [0.25, 0.3) is 0 Å². The van der Waals surface area contributed by atoms with Crippen molar-refractivity contribution in [2.24, 2.45) is 45.9 Å². The average Bonchev–Trinajstić information content (AvgIpc) is 1.43. The molecule has 5 aromatic carbocycles. The minimum Gasteiger partial charge on any atom is -0.484 e. The fraction of sp³-hybridized carbons (Fsp3) is 0.385. The number of aliphatic hydroxyl groups excluding tert-OH is 1. The molecule has 712 valence electrons. The van der Waals surface area contributed by atoms with Gasteiger partial charge in [-0.05, 0) is 212 Å². The normalized spacial score (nSPS) is 15.6. The van der Waals surface area contributed by atoms with Crippen molar-refractivity contribution in [2.45, 2.75) is 174 Å². The third kappa shape index (κ3) is 20.8. The fourth-order valence-corrected chi connectivity index (χ4v) is 22.1. The number of aryl methyl sites for hydroxylation is 8. The Morgan fingerprint density at radius 3 is 1.54 bits per heavy atom. The number of nitrogens with zero attached hydrogens (tertiary/aromatic N) is 16. The molecule has 0 spiro atoms. The SMILES string of the molecule is CCc1c(Cl)nc2ccc(C(O)c3cnc(C)n3C)cc2c1Cl.COc1nc2ccc(C(O)(c3ccc(C)nc3C)c3cnnn3C)cc2c(Cl)c1CC1CCSCC1.COc1nc2ccc(C(O)(c3cncn3C)C3CCN(C(=O)OC(C)(C)C)CC3)cc2c(Cl)c1CC1CCCCC1.Cc1ccc(C(O)(c2ccc3nc(Cl)c(OCc4ccccc4)c(Cl)c3c2)c2cncn2C)c(C)n1. The Morgan fingerprint density at radius 1 is 0.537 bits per heavy atom. The van der Waals surface area contributed by atoms with Crippen LogP contribution >= 0.6 is 81.4 Å². The Kier molecular flexibility index (Phi) is 31.1. The van der Waals surface area contributed by atoms with Gasteiger partial charge in [0, 0.05) is 119 Å². The van der Waals surface area contributed by atoms with E-state index >= 15 is 0 Å². The molecule has 3 aliphatic rings. The first kappa shape index (κ1) is 99.9. The zero-order valence-electron chi connectivity index (χ0n) is 79.1. The Balaban J connectivity index is 0.000000140. The van der Waals surface area contributed by atoms with Crippen LogP contribution < -0.4 is 14.2 Å². The van der Waals surface area contributed by atoms with E-state index < -0.39 is 28.5 Å². The number of piperidine rings is 1. The number of likely N-dealkylation sites (tertiary alicyclic amines) is 1. The van der Waals surface area contributed by atoms with Gasteiger partial charge in [-0.25, -0.2) is 44.4 Å². The summed E-state index contributed by atoms with van der Waals surface area (Å²) in [6, 6.07) is 39.8. The van der Waals surface area contributed by atoms with Crippen molar-refractivity contribution in [1.82, 2.24) is 78.5 Å². The number of pyridine rings is 6. The highest BCUT2D eigenvalue weighted by Gasteiger charge is 2.46. The van der Waals surface area contributed by atoms with Crippen LogP contribution in [0.2, 0.25) is 30.4 Å². The summed E-state index contributed by atoms with van der Waals surface area (Å²) in [6.45, 7) is 18.4. The lowest BCUT2D eigenvalue weighted by Crippen LogP contribution is -2.47. The molecule has 2 aliphatic heterocycles. The number of halogens is 6. The van der Waals surface area contributed by atoms with E-state index in [-0.39, 0.29) is 17.2 Å². The molecule has 136 heavy (non-hydrogen) atoms. The number of amides is 1. The number of thioether (sulfide) groups is 1. The highest BCUT2D eigenvalue weighted by atomic mass is 35.5. The quantitative estimate of drug-likeness (QED) is 0.0486. The summed E-state index contributed by atoms with van der Waals surface area (Å²) in [5, 5.41) is 62.0. The van der Waals surface area contributed by atoms with Crippen LogP contribution in [0.25, 0.3) is 43.6 Å². The Morgan fingerprint density at radius 2 is 1.04 bits per heavy atom. The number of rotatable bonds is 21. The van der Waals surface area contributed by atoms with Crippen molar-refractivity contribution < 1.29 is 44.2 Å². The first-order valence-electron chi connectivity index (χ1n) is 45.7. The lowest BCUT2D eigenvalue weighted by molar-refractivity contribution is -0.0275. The predicted molar refractivity (Wildman–Crippen MR) is 539 cm³/mol. The summed E-state index contributed by atoms with van der Waals surface area (Å²) in [7, 11) is 10.7. The lowest BCUT2D eigenvalue weighted by Gasteiger charge is -2.42. The highest BCUT2D eigenvalue weighted by Crippen LogP contribution is 2.49. The first-order chi connectivity index (χ1) is 65.0. The molecule has 25 nitrogen and oxygen atoms in total. The van der Waals surface area contributed by atoms with Gasteiger partial charge in [0.1, 0.15) is 34.9 Å². The Hall–Kier alpha value is -10.6. The van der Waals surface area contributed by atoms with Crippen LogP contribution in [0.5, 0.6) is 17.5 Å². The molecule has 32 heteroatoms. The molecule has 10 aromatic heterocycles. The van der Waals surface area contributed by atoms with Crippen LogP contribution in [0, 0.1) is 52.4 Å². The van der Waals surface area contributed by atoms with Crippen LogP contribution in [-0.2, 0) is 75.6 Å². The average molecular weight is 1980 g/mol. The standard InChI is InChI=1S/C32H43ClN4O4.C28H24Cl2N4O2.C27H30ClN5O2S.C17H17Cl2N3O/c1-31(2,3)41-30(38)37-15-13-22(14-16-37)32(39,27-19-34-20-36(27)4)23-11-12-26-24(18-23)28(33)25(29(35-26)40-5)17-21-9-7-6-8-10-21;1-17-9-11-22(18(2)32-17)28(35,24-14-31-16-34(24)3)20-10-12-23-21(13-20)25(29)26(27(30)33-23)36-15-19-7-5-4-6-8-19;1-16-5-7-22(17(2)30-16)27(34,24-15-29-32-33(24)3)19-6-8-23-20(14-19)25(28)21(26(31-23)35-4)13-18-9-11-36-12-10-18;1-4-11-15(18)12-7-10(5-6-13(12)21-17(11)19)16(23)14-8-20-9(2)22(14)3/h11-12,18-22,39H,6-10,13-17H2,1-5H3;4-14,16,35H,15H2,1-3H3;5-8,14-15,18,34H,9-13H2,1-4H3;5-8,16,23H,4H2,1-3H3. The maximum Gasteiger partial charge on any atom is 0.410 e. The third-order valence-electron chi connectivity index (χ3n) is 26.4. The second kappa shape index (κ2) is 42.4. The smallest absolute Gasteiger partial charge is 0.410 e. The summed E-state index contributed by atoms with van der Waals surface area (Å²) < 4.78 is 30.1. The first-order valence-corrected chi connectivity index (χ1v) is 49.1. The van der Waals surface area contributed by atoms with E-state index in [1.54, 1.807) is 78.9 Å². The van der Waals surface area contributed by atoms with Gasteiger partial charge in [0.15, 0.2) is 22.1 Å². The molecular weight excluding hydrogens is 1860 g/mol. The van der Waals surface area contributed by atoms with Crippen LogP contribution in [0.3, 0.4) is 0 Å². The van der Waals surface area contributed by atoms with Crippen LogP contribution in [0.15, 0.2) is 165 Å². The molecule has 4 atom stereocenters. The van der Waals surface area contributed by atoms with Crippen molar-refractivity contribution >= 4 is 131 Å². The van der Waals surface area contributed by atoms with E-state index in [1.807, 2.05) is 226 Å². The largest absolute Gasteiger partial charge is 0.484 e. The van der Waals surface area contributed by atoms with Gasteiger partial charge < -0.3 is 58.0 Å². The van der Waals surface area contributed by atoms with Crippen molar-refractivity contribution in [2.75, 3.05) is 38.8 Å². The van der Waals surface area contributed by atoms with E-state index in [2.05, 4.69) is 45.2 Å². The number of hydrogen-bond acceptors (Lipinski definition) is 21. The molecule has 18 rings (SSSR count). The number of fused-ring (bicyclic) bond motifs is 4. The zero-order chi connectivity index (χ0) is 97.0. The number of methoxy groups -OCH3 is 2. The van der Waals surface area contributed by atoms with E-state index in [0.29, 0.717) is 161 Å². The number of ether oxygens (including phenoxy) is 4. The van der Waals surface area contributed by atoms with E-state index in [1.165, 1.54) is 43.6 Å². The number of carbonyl (C=O) groups is 1. The second-order valence-corrected chi connectivity index (χ2v) is 39.9. The highest BCUT2D eigenvalue weighted by molar-refractivity contribution is 7.99. The van der Waals surface area contributed by atoms with Crippen molar-refractivity contribution in [3.05, 3.63) is 302 Å². The van der Waals surface area contributed by atoms with E-state index in [4.69, 9.17) is 98.5 Å². The molecule has 0 bridgehead atoms. The minimum atomic E-state index is -1.54. The molecular formula is C104H114Cl6N16O9S. The van der Waals surface area contributed by atoms with Gasteiger partial charge in [-0.2, -0.15) is 11.8 Å². The van der Waals surface area contributed by atoms with Gasteiger partial charge in [0.05, 0.1) is 117 Å². The third-order valence-corrected chi connectivity index (χ3v) is 29.7. The summed E-state index contributed by atoms with van der Waals surface area (Å²) in [5.74, 6) is 5.61. The van der Waals surface area contributed by atoms with E-state index in [0.717, 1.165) is 109 Å². The van der Waals surface area contributed by atoms with Crippen molar-refractivity contribution in [3.63, 3.8) is 0 Å². The Labute approximate surface area is 826 Å². The lowest BCUT2D eigenvalue weighted by atomic mass is 9.74. The molecule has 4 N–H and O–H groups in total. The molecule has 12 heterocycles. The topological polar surface area (TPSA) is 300 Å². The van der Waals surface area contributed by atoms with Crippen LogP contribution in [0.1, 0.15) is 199 Å². The van der Waals surface area contributed by atoms with Crippen molar-refractivity contribution in [1.29, 1.82) is 0 Å². The number of imidazole rings is 3. The zero-order valence-corrected chi connectivity index (χ0v) is 84.4. The van der Waals surface area contributed by atoms with Crippen LogP contribution in [-0.4, -0.2) is 149 Å². The second-order valence-electron chi connectivity index (χ2n) is 36.5. The molecule has 0 radical (unpaired) electrons. The van der Waals surface area contributed by atoms with Gasteiger partial charge in [0.2, 0.25) is 11.8 Å². The van der Waals surface area contributed by atoms with Gasteiger partial charge in [-0.15, -0.1) is 5.10 Å². The van der Waals surface area contributed by atoms with Gasteiger partial charge in [-0.1, -0.05) is 181 Å². The fourth-order valence-electron chi connectivity index (χ4n) is 19.0. The van der Waals surface area contributed by atoms with E-state index in [9.17, 15) is 25.2 Å². The predicted octanol–water partition coefficient (Wildman–Crippen LogP) is 22.0. The summed E-state index contributed by atoms with van der Waals surface area (Å²) in [4.78, 5) is 55.0. The Bertz CT molecular complexity index is 6870. The van der Waals surface area contributed by atoms with Gasteiger partial charge in [-0.3, -0.25) is 9.97 Å². The molecule has 2 saturated heterocycles. The van der Waals surface area contributed by atoms with Crippen LogP contribution in [0.4, 0.5) is 4.79 Å². The number of aliphatic hydroxyl groups is 4. The molecule has 4 unspecified atom stereocenters. The summed E-state index contributed by atoms with van der Waals surface area (Å²) >= 11 is 42.1. The molecule has 3 fully saturated rings. The monoisotopic (exact) mass is 1970 g/mol. The molecule has 1 amide bonds. The molecule has 1 saturated carbocycles. The number of aromatic nitrogens is 15. The maximum absolute atomic E-state index is 12.7. The number of carbonyl (C=O) groups excluding carboxylic acids is 1. The summed E-state index contributed by atoms with van der Waals surface area (Å²) in [5.41, 5.74) is 11.2. The minimum absolute atomic E-state index is 0.152. The number of hydrogen-bond donors (Lipinski definition) is 4.